The minimum Gasteiger partial charge on any atom is -0.352 e. The van der Waals surface area contributed by atoms with Gasteiger partial charge in [-0.3, -0.25) is 13.9 Å². The number of benzene rings is 4. The van der Waals surface area contributed by atoms with Gasteiger partial charge < -0.3 is 10.2 Å². The molecule has 7 nitrogen and oxygen atoms in total. The molecule has 0 heterocycles. The quantitative estimate of drug-likeness (QED) is 0.159. The minimum absolute atomic E-state index is 0.0526. The number of hydrogen-bond acceptors (Lipinski definition) is 4. The van der Waals surface area contributed by atoms with Crippen molar-refractivity contribution < 1.29 is 31.2 Å². The van der Waals surface area contributed by atoms with Crippen molar-refractivity contribution in [2.24, 2.45) is 0 Å². The first-order valence-electron chi connectivity index (χ1n) is 16.9. The molecule has 4 aromatic carbocycles. The average molecular weight is 740 g/mol. The van der Waals surface area contributed by atoms with Gasteiger partial charge in [0, 0.05) is 19.0 Å². The summed E-state index contributed by atoms with van der Waals surface area (Å²) in [7, 11) is -4.61. The largest absolute Gasteiger partial charge is 0.417 e. The maximum absolute atomic E-state index is 14.7. The molecule has 0 aromatic heterocycles. The first kappa shape index (κ1) is 37.9. The monoisotopic (exact) mass is 739 g/mol. The smallest absolute Gasteiger partial charge is 0.352 e. The van der Waals surface area contributed by atoms with Gasteiger partial charge in [0.15, 0.2) is 0 Å². The third-order valence-corrected chi connectivity index (χ3v) is 11.2. The third-order valence-electron chi connectivity index (χ3n) is 9.09. The number of halogens is 4. The molecule has 1 aliphatic carbocycles. The Morgan fingerprint density at radius 2 is 1.51 bits per heavy atom. The number of amides is 2. The fourth-order valence-electron chi connectivity index (χ4n) is 6.36. The number of alkyl halides is 3. The molecule has 4 aromatic rings. The number of aryl methyl sites for hydroxylation is 2. The van der Waals surface area contributed by atoms with Crippen molar-refractivity contribution in [2.45, 2.75) is 82.1 Å². The van der Waals surface area contributed by atoms with Gasteiger partial charge in [0.25, 0.3) is 10.0 Å². The lowest BCUT2D eigenvalue weighted by Gasteiger charge is -2.35. The van der Waals surface area contributed by atoms with Crippen LogP contribution in [0.2, 0.25) is 5.02 Å². The molecular weight excluding hydrogens is 699 g/mol. The van der Waals surface area contributed by atoms with Crippen LogP contribution >= 0.6 is 11.6 Å². The summed E-state index contributed by atoms with van der Waals surface area (Å²) in [6.45, 7) is 2.72. The molecule has 0 radical (unpaired) electrons. The van der Waals surface area contributed by atoms with E-state index in [4.69, 9.17) is 11.6 Å². The molecule has 1 aliphatic rings. The van der Waals surface area contributed by atoms with E-state index < -0.39 is 51.0 Å². The zero-order chi connectivity index (χ0) is 36.8. The second-order valence-electron chi connectivity index (χ2n) is 13.0. The number of hydrogen-bond donors (Lipinski definition) is 1. The van der Waals surface area contributed by atoms with Gasteiger partial charge in [-0.15, -0.1) is 0 Å². The normalized spacial score (nSPS) is 14.5. The highest BCUT2D eigenvalue weighted by Gasteiger charge is 2.38. The van der Waals surface area contributed by atoms with E-state index >= 15 is 0 Å². The molecule has 1 unspecified atom stereocenters. The molecule has 0 aliphatic heterocycles. The lowest BCUT2D eigenvalue weighted by Crippen LogP contribution is -2.55. The predicted molar refractivity (Wildman–Crippen MR) is 193 cm³/mol. The molecule has 1 atom stereocenters. The maximum Gasteiger partial charge on any atom is 0.417 e. The molecule has 0 spiro atoms. The number of nitrogens with one attached hydrogen (secondary N) is 1. The number of rotatable bonds is 12. The highest BCUT2D eigenvalue weighted by molar-refractivity contribution is 7.92. The summed E-state index contributed by atoms with van der Waals surface area (Å²) in [6, 6.07) is 23.9. The molecule has 2 amide bonds. The Hall–Kier alpha value is -4.35. The summed E-state index contributed by atoms with van der Waals surface area (Å²) in [6.07, 6.45) is -0.164. The zero-order valence-electron chi connectivity index (χ0n) is 28.5. The van der Waals surface area contributed by atoms with Crippen molar-refractivity contribution in [3.63, 3.8) is 0 Å². The number of carbonyl (C=O) groups excluding carboxylic acids is 2. The zero-order valence-corrected chi connectivity index (χ0v) is 30.1. The van der Waals surface area contributed by atoms with Crippen molar-refractivity contribution in [1.82, 2.24) is 10.2 Å². The summed E-state index contributed by atoms with van der Waals surface area (Å²) in [5, 5.41) is 2.53. The summed E-state index contributed by atoms with van der Waals surface area (Å²) in [4.78, 5) is 30.1. The van der Waals surface area contributed by atoms with E-state index in [1.165, 1.54) is 17.0 Å². The second-order valence-corrected chi connectivity index (χ2v) is 15.3. The minimum atomic E-state index is -4.90. The van der Waals surface area contributed by atoms with Gasteiger partial charge in [-0.2, -0.15) is 13.2 Å². The van der Waals surface area contributed by atoms with Crippen LogP contribution in [0.3, 0.4) is 0 Å². The molecule has 1 N–H and O–H groups in total. The summed E-state index contributed by atoms with van der Waals surface area (Å²) in [5.74, 6) is -1.15. The van der Waals surface area contributed by atoms with E-state index in [-0.39, 0.29) is 29.8 Å². The Kier molecular flexibility index (Phi) is 12.1. The molecule has 1 saturated carbocycles. The summed E-state index contributed by atoms with van der Waals surface area (Å²) >= 11 is 5.92. The van der Waals surface area contributed by atoms with Gasteiger partial charge in [0.05, 0.1) is 21.2 Å². The molecule has 51 heavy (non-hydrogen) atoms. The fourth-order valence-corrected chi connectivity index (χ4v) is 7.99. The Bertz CT molecular complexity index is 1930. The Balaban J connectivity index is 1.61. The van der Waals surface area contributed by atoms with Crippen molar-refractivity contribution in [3.8, 4) is 0 Å². The SMILES string of the molecule is Cc1ccc(S(=O)(=O)N(CC(=O)N(Cc2cccc(C)c2)C(Cc2ccccc2)C(=O)NC2CCCCC2)c2ccc(Cl)c(C(F)(F)F)c2)cc1. The van der Waals surface area contributed by atoms with E-state index in [0.29, 0.717) is 15.9 Å². The Morgan fingerprint density at radius 1 is 0.843 bits per heavy atom. The van der Waals surface area contributed by atoms with Crippen LogP contribution in [0.4, 0.5) is 18.9 Å². The number of anilines is 1. The van der Waals surface area contributed by atoms with E-state index in [0.717, 1.165) is 60.9 Å². The van der Waals surface area contributed by atoms with Gasteiger partial charge in [0.1, 0.15) is 12.6 Å². The maximum atomic E-state index is 14.7. The van der Waals surface area contributed by atoms with Crippen LogP contribution in [0.15, 0.2) is 102 Å². The van der Waals surface area contributed by atoms with Crippen molar-refractivity contribution in [2.75, 3.05) is 10.8 Å². The van der Waals surface area contributed by atoms with Crippen LogP contribution in [0.5, 0.6) is 0 Å². The molecule has 12 heteroatoms. The summed E-state index contributed by atoms with van der Waals surface area (Å²) in [5.41, 5.74) is 1.51. The topological polar surface area (TPSA) is 86.8 Å². The van der Waals surface area contributed by atoms with Crippen LogP contribution < -0.4 is 9.62 Å². The molecular formula is C39H41ClF3N3O4S. The van der Waals surface area contributed by atoms with E-state index in [1.807, 2.05) is 61.5 Å². The van der Waals surface area contributed by atoms with E-state index in [9.17, 15) is 31.2 Å². The van der Waals surface area contributed by atoms with Crippen LogP contribution in [0.1, 0.15) is 59.9 Å². The molecule has 1 fully saturated rings. The Labute approximate surface area is 302 Å². The van der Waals surface area contributed by atoms with Crippen LogP contribution in [0.25, 0.3) is 0 Å². The molecule has 0 saturated heterocycles. The van der Waals surface area contributed by atoms with Gasteiger partial charge in [-0.1, -0.05) is 109 Å². The van der Waals surface area contributed by atoms with E-state index in [1.54, 1.807) is 19.1 Å². The average Bonchev–Trinajstić information content (AvgIpc) is 3.09. The van der Waals surface area contributed by atoms with Crippen LogP contribution in [-0.4, -0.2) is 43.8 Å². The van der Waals surface area contributed by atoms with Gasteiger partial charge in [-0.05, 0) is 68.1 Å². The first-order valence-corrected chi connectivity index (χ1v) is 18.7. The highest BCUT2D eigenvalue weighted by atomic mass is 35.5. The second kappa shape index (κ2) is 16.3. The number of nitrogens with zero attached hydrogens (tertiary/aromatic N) is 2. The lowest BCUT2D eigenvalue weighted by molar-refractivity contribution is -0.140. The predicted octanol–water partition coefficient (Wildman–Crippen LogP) is 8.26. The highest BCUT2D eigenvalue weighted by Crippen LogP contribution is 2.38. The number of carbonyl (C=O) groups is 2. The lowest BCUT2D eigenvalue weighted by atomic mass is 9.94. The van der Waals surface area contributed by atoms with Crippen LogP contribution in [-0.2, 0) is 38.8 Å². The van der Waals surface area contributed by atoms with Gasteiger partial charge in [0.2, 0.25) is 11.8 Å². The standard InChI is InChI=1S/C39H41ClF3N3O4S/c1-27-16-19-33(20-17-27)51(49,50)46(32-18-21-35(40)34(24-32)39(41,42)43)26-37(47)45(25-30-13-9-10-28(2)22-30)36(23-29-11-5-3-6-12-29)38(48)44-31-14-7-4-8-15-31/h3,5-6,9-13,16-22,24,31,36H,4,7-8,14-15,23,25-26H2,1-2H3,(H,44,48). The van der Waals surface area contributed by atoms with Gasteiger partial charge in [-0.25, -0.2) is 8.42 Å². The van der Waals surface area contributed by atoms with E-state index in [2.05, 4.69) is 5.32 Å². The molecule has 0 bridgehead atoms. The van der Waals surface area contributed by atoms with Crippen molar-refractivity contribution in [3.05, 3.63) is 130 Å². The van der Waals surface area contributed by atoms with Gasteiger partial charge >= 0.3 is 6.18 Å². The Morgan fingerprint density at radius 3 is 2.16 bits per heavy atom. The third kappa shape index (κ3) is 9.71. The molecule has 5 rings (SSSR count). The van der Waals surface area contributed by atoms with Crippen molar-refractivity contribution in [1.29, 1.82) is 0 Å². The van der Waals surface area contributed by atoms with Crippen LogP contribution in [0, 0.1) is 13.8 Å². The van der Waals surface area contributed by atoms with Crippen molar-refractivity contribution >= 4 is 39.1 Å². The first-order chi connectivity index (χ1) is 24.2. The number of sulfonamides is 1. The summed E-state index contributed by atoms with van der Waals surface area (Å²) < 4.78 is 71.3. The fraction of sp³-hybridized carbons (Fsp3) is 0.333. The molecule has 270 valence electrons.